The van der Waals surface area contributed by atoms with Gasteiger partial charge >= 0.3 is 0 Å². The van der Waals surface area contributed by atoms with E-state index in [-0.39, 0.29) is 5.75 Å². The van der Waals surface area contributed by atoms with Crippen LogP contribution in [0.3, 0.4) is 0 Å². The second-order valence-corrected chi connectivity index (χ2v) is 3.40. The van der Waals surface area contributed by atoms with Crippen LogP contribution in [0.4, 0.5) is 0 Å². The van der Waals surface area contributed by atoms with E-state index < -0.39 is 0 Å². The summed E-state index contributed by atoms with van der Waals surface area (Å²) in [6, 6.07) is 5.90. The van der Waals surface area contributed by atoms with Gasteiger partial charge in [0, 0.05) is 6.04 Å². The molecule has 0 heterocycles. The molecule has 0 amide bonds. The van der Waals surface area contributed by atoms with E-state index in [1.165, 1.54) is 0 Å². The smallest absolute Gasteiger partial charge is 0.160 e. The fourth-order valence-electron chi connectivity index (χ4n) is 1.32. The van der Waals surface area contributed by atoms with Gasteiger partial charge in [0.1, 0.15) is 0 Å². The minimum Gasteiger partial charge on any atom is -0.504 e. The summed E-state index contributed by atoms with van der Waals surface area (Å²) in [5.74, 6) is 0.721. The number of rotatable bonds is 4. The molecule has 0 aliphatic carbocycles. The summed E-state index contributed by atoms with van der Waals surface area (Å²) in [5.41, 5.74) is 1.10. The van der Waals surface area contributed by atoms with Crippen molar-refractivity contribution < 1.29 is 9.84 Å². The van der Waals surface area contributed by atoms with Gasteiger partial charge in [-0.05, 0) is 38.1 Å². The highest BCUT2D eigenvalue weighted by Crippen LogP contribution is 2.26. The Morgan fingerprint density at radius 2 is 2.21 bits per heavy atom. The molecule has 0 aromatic heterocycles. The summed E-state index contributed by atoms with van der Waals surface area (Å²) < 4.78 is 4.97. The Labute approximate surface area is 84.7 Å². The lowest BCUT2D eigenvalue weighted by atomic mass is 10.1. The van der Waals surface area contributed by atoms with Gasteiger partial charge in [0.15, 0.2) is 11.5 Å². The monoisotopic (exact) mass is 195 g/mol. The molecule has 1 aromatic rings. The minimum absolute atomic E-state index is 0.202. The van der Waals surface area contributed by atoms with Crippen molar-refractivity contribution in [2.24, 2.45) is 0 Å². The van der Waals surface area contributed by atoms with Crippen LogP contribution in [-0.4, -0.2) is 25.3 Å². The molecule has 2 N–H and O–H groups in total. The van der Waals surface area contributed by atoms with Gasteiger partial charge in [0.2, 0.25) is 0 Å². The number of benzene rings is 1. The summed E-state index contributed by atoms with van der Waals surface area (Å²) in [4.78, 5) is 0. The molecular formula is C11H17NO2. The van der Waals surface area contributed by atoms with Crippen molar-refractivity contribution in [2.45, 2.75) is 19.4 Å². The highest BCUT2D eigenvalue weighted by molar-refractivity contribution is 5.41. The number of aromatic hydroxyl groups is 1. The van der Waals surface area contributed by atoms with Crippen molar-refractivity contribution in [3.05, 3.63) is 23.8 Å². The lowest BCUT2D eigenvalue weighted by molar-refractivity contribution is 0.373. The van der Waals surface area contributed by atoms with Crippen LogP contribution in [0.25, 0.3) is 0 Å². The number of likely N-dealkylation sites (N-methyl/N-ethyl adjacent to an activating group) is 1. The first-order chi connectivity index (χ1) is 6.67. The SMILES string of the molecule is CN[C@@H](C)Cc1ccc(OC)c(O)c1. The molecule has 0 saturated heterocycles. The first-order valence-electron chi connectivity index (χ1n) is 4.70. The molecule has 0 radical (unpaired) electrons. The molecule has 1 aromatic carbocycles. The van der Waals surface area contributed by atoms with E-state index in [4.69, 9.17) is 4.74 Å². The predicted molar refractivity (Wildman–Crippen MR) is 56.9 cm³/mol. The van der Waals surface area contributed by atoms with Crippen LogP contribution in [0.1, 0.15) is 12.5 Å². The van der Waals surface area contributed by atoms with Crippen LogP contribution in [0.2, 0.25) is 0 Å². The molecule has 1 rings (SSSR count). The van der Waals surface area contributed by atoms with Crippen LogP contribution < -0.4 is 10.1 Å². The average molecular weight is 195 g/mol. The van der Waals surface area contributed by atoms with Gasteiger partial charge in [0.05, 0.1) is 7.11 Å². The normalized spacial score (nSPS) is 12.5. The second kappa shape index (κ2) is 4.86. The summed E-state index contributed by atoms with van der Waals surface area (Å²) in [6.45, 7) is 2.10. The molecule has 0 aliphatic rings. The lowest BCUT2D eigenvalue weighted by Gasteiger charge is -2.11. The molecule has 78 valence electrons. The maximum absolute atomic E-state index is 9.53. The molecule has 1 atom stereocenters. The summed E-state index contributed by atoms with van der Waals surface area (Å²) in [6.07, 6.45) is 0.897. The average Bonchev–Trinajstić information content (AvgIpc) is 2.18. The van der Waals surface area contributed by atoms with Gasteiger partial charge in [-0.15, -0.1) is 0 Å². The van der Waals surface area contributed by atoms with Crippen LogP contribution in [0.15, 0.2) is 18.2 Å². The van der Waals surface area contributed by atoms with Crippen molar-refractivity contribution in [3.8, 4) is 11.5 Å². The van der Waals surface area contributed by atoms with Gasteiger partial charge in [-0.3, -0.25) is 0 Å². The highest BCUT2D eigenvalue weighted by Gasteiger charge is 2.04. The molecule has 0 fully saturated rings. The Bertz CT molecular complexity index is 299. The molecule has 3 nitrogen and oxygen atoms in total. The summed E-state index contributed by atoms with van der Waals surface area (Å²) in [5, 5.41) is 12.7. The number of ether oxygens (including phenoxy) is 1. The quantitative estimate of drug-likeness (QED) is 0.766. The second-order valence-electron chi connectivity index (χ2n) is 3.40. The van der Waals surface area contributed by atoms with Crippen molar-refractivity contribution in [3.63, 3.8) is 0 Å². The zero-order chi connectivity index (χ0) is 10.6. The number of methoxy groups -OCH3 is 1. The number of nitrogens with one attached hydrogen (secondary N) is 1. The van der Waals surface area contributed by atoms with Gasteiger partial charge in [-0.1, -0.05) is 6.07 Å². The van der Waals surface area contributed by atoms with Gasteiger partial charge in [0.25, 0.3) is 0 Å². The molecule has 3 heteroatoms. The van der Waals surface area contributed by atoms with Crippen molar-refractivity contribution in [1.29, 1.82) is 0 Å². The molecule has 0 saturated carbocycles. The standard InChI is InChI=1S/C11H17NO2/c1-8(12-2)6-9-4-5-11(14-3)10(13)7-9/h4-5,7-8,12-13H,6H2,1-3H3/t8-/m0/s1. The van der Waals surface area contributed by atoms with Gasteiger partial charge in [-0.25, -0.2) is 0 Å². The van der Waals surface area contributed by atoms with E-state index >= 15 is 0 Å². The number of hydrogen-bond acceptors (Lipinski definition) is 3. The van der Waals surface area contributed by atoms with Crippen LogP contribution in [-0.2, 0) is 6.42 Å². The largest absolute Gasteiger partial charge is 0.504 e. The maximum atomic E-state index is 9.53. The molecule has 0 bridgehead atoms. The Morgan fingerprint density at radius 1 is 1.50 bits per heavy atom. The zero-order valence-corrected chi connectivity index (χ0v) is 8.87. The number of hydrogen-bond donors (Lipinski definition) is 2. The molecule has 0 unspecified atom stereocenters. The predicted octanol–water partition coefficient (Wildman–Crippen LogP) is 1.55. The van der Waals surface area contributed by atoms with Crippen LogP contribution >= 0.6 is 0 Å². The highest BCUT2D eigenvalue weighted by atomic mass is 16.5. The third-order valence-corrected chi connectivity index (χ3v) is 2.28. The van der Waals surface area contributed by atoms with E-state index in [1.807, 2.05) is 13.1 Å². The minimum atomic E-state index is 0.202. The van der Waals surface area contributed by atoms with Gasteiger partial charge < -0.3 is 15.2 Å². The molecular weight excluding hydrogens is 178 g/mol. The Balaban J connectivity index is 2.76. The molecule has 0 aliphatic heterocycles. The van der Waals surface area contributed by atoms with E-state index in [0.29, 0.717) is 11.8 Å². The molecule has 14 heavy (non-hydrogen) atoms. The van der Waals surface area contributed by atoms with Gasteiger partial charge in [-0.2, -0.15) is 0 Å². The molecule has 0 spiro atoms. The van der Waals surface area contributed by atoms with E-state index in [9.17, 15) is 5.11 Å². The van der Waals surface area contributed by atoms with Crippen molar-refractivity contribution in [1.82, 2.24) is 5.32 Å². The Morgan fingerprint density at radius 3 is 2.71 bits per heavy atom. The van der Waals surface area contributed by atoms with E-state index in [2.05, 4.69) is 12.2 Å². The summed E-state index contributed by atoms with van der Waals surface area (Å²) in [7, 11) is 3.47. The summed E-state index contributed by atoms with van der Waals surface area (Å²) >= 11 is 0. The number of phenolic OH excluding ortho intramolecular Hbond substituents is 1. The van der Waals surface area contributed by atoms with E-state index in [0.717, 1.165) is 12.0 Å². The first kappa shape index (κ1) is 10.9. The third-order valence-electron chi connectivity index (χ3n) is 2.28. The van der Waals surface area contributed by atoms with Crippen LogP contribution in [0.5, 0.6) is 11.5 Å². The lowest BCUT2D eigenvalue weighted by Crippen LogP contribution is -2.23. The third kappa shape index (κ3) is 2.64. The first-order valence-corrected chi connectivity index (χ1v) is 4.70. The zero-order valence-electron chi connectivity index (χ0n) is 8.87. The van der Waals surface area contributed by atoms with Crippen LogP contribution in [0, 0.1) is 0 Å². The fraction of sp³-hybridized carbons (Fsp3) is 0.455. The maximum Gasteiger partial charge on any atom is 0.160 e. The fourth-order valence-corrected chi connectivity index (χ4v) is 1.32. The van der Waals surface area contributed by atoms with E-state index in [1.54, 1.807) is 19.2 Å². The van der Waals surface area contributed by atoms with Crippen molar-refractivity contribution in [2.75, 3.05) is 14.2 Å². The number of phenols is 1. The topological polar surface area (TPSA) is 41.5 Å². The Kier molecular flexibility index (Phi) is 3.77. The van der Waals surface area contributed by atoms with Crippen molar-refractivity contribution >= 4 is 0 Å². The Hall–Kier alpha value is -1.22.